The van der Waals surface area contributed by atoms with Gasteiger partial charge in [0.25, 0.3) is 0 Å². The minimum Gasteiger partial charge on any atom is -0.494 e. The fourth-order valence-corrected chi connectivity index (χ4v) is 2.71. The Morgan fingerprint density at radius 1 is 1.30 bits per heavy atom. The van der Waals surface area contributed by atoms with E-state index in [1.165, 1.54) is 13.2 Å². The highest BCUT2D eigenvalue weighted by Crippen LogP contribution is 2.18. The molecule has 23 heavy (non-hydrogen) atoms. The second-order valence-corrected chi connectivity index (χ2v) is 5.70. The number of ether oxygens (including phenoxy) is 1. The van der Waals surface area contributed by atoms with Gasteiger partial charge in [-0.05, 0) is 49.1 Å². The molecule has 0 aliphatic rings. The molecule has 0 bridgehead atoms. The number of methoxy groups -OCH3 is 1. The van der Waals surface area contributed by atoms with E-state index in [1.807, 2.05) is 46.8 Å². The zero-order chi connectivity index (χ0) is 16.4. The van der Waals surface area contributed by atoms with Crippen LogP contribution >= 0.6 is 12.2 Å². The molecule has 2 heterocycles. The van der Waals surface area contributed by atoms with Crippen molar-refractivity contribution in [2.75, 3.05) is 14.2 Å². The van der Waals surface area contributed by atoms with Crippen molar-refractivity contribution in [3.05, 3.63) is 58.7 Å². The van der Waals surface area contributed by atoms with Crippen LogP contribution in [0.25, 0.3) is 5.65 Å². The van der Waals surface area contributed by atoms with E-state index in [4.69, 9.17) is 17.0 Å². The van der Waals surface area contributed by atoms with E-state index < -0.39 is 0 Å². The molecule has 0 saturated heterocycles. The number of rotatable bonds is 5. The molecule has 0 radical (unpaired) electrons. The van der Waals surface area contributed by atoms with E-state index in [0.717, 1.165) is 11.2 Å². The fourth-order valence-electron chi connectivity index (χ4n) is 2.46. The van der Waals surface area contributed by atoms with Gasteiger partial charge in [-0.15, -0.1) is 0 Å². The van der Waals surface area contributed by atoms with E-state index in [9.17, 15) is 4.39 Å². The minimum atomic E-state index is -0.359. The molecule has 3 rings (SSSR count). The monoisotopic (exact) mass is 332 g/mol. The van der Waals surface area contributed by atoms with Crippen molar-refractivity contribution in [3.63, 3.8) is 0 Å². The van der Waals surface area contributed by atoms with E-state index in [1.54, 1.807) is 10.7 Å². The Kier molecular flexibility index (Phi) is 4.40. The van der Waals surface area contributed by atoms with Gasteiger partial charge in [0.05, 0.1) is 13.8 Å². The first kappa shape index (κ1) is 15.6. The fraction of sp³-hybridized carbons (Fsp3) is 0.250. The molecule has 3 aromatic rings. The van der Waals surface area contributed by atoms with E-state index in [0.29, 0.717) is 18.0 Å². The lowest BCUT2D eigenvalue weighted by Crippen LogP contribution is -2.22. The third kappa shape index (κ3) is 3.25. The molecular weight excluding hydrogens is 315 g/mol. The van der Waals surface area contributed by atoms with Gasteiger partial charge in [-0.1, -0.05) is 12.1 Å². The maximum absolute atomic E-state index is 13.8. The summed E-state index contributed by atoms with van der Waals surface area (Å²) in [5.41, 5.74) is 1.67. The number of fused-ring (bicyclic) bond motifs is 1. The lowest BCUT2D eigenvalue weighted by Gasteiger charge is -2.16. The van der Waals surface area contributed by atoms with Crippen LogP contribution in [0.5, 0.6) is 5.75 Å². The Labute approximate surface area is 138 Å². The number of hydrogen-bond acceptors (Lipinski definition) is 4. The molecule has 1 aromatic carbocycles. The Morgan fingerprint density at radius 2 is 2.13 bits per heavy atom. The van der Waals surface area contributed by atoms with E-state index in [2.05, 4.69) is 5.10 Å². The average molecular weight is 332 g/mol. The smallest absolute Gasteiger partial charge is 0.203 e. The molecule has 7 heteroatoms. The van der Waals surface area contributed by atoms with Crippen molar-refractivity contribution < 1.29 is 9.13 Å². The number of hydrogen-bond donors (Lipinski definition) is 0. The molecule has 0 spiro atoms. The number of aromatic nitrogens is 3. The summed E-state index contributed by atoms with van der Waals surface area (Å²) < 4.78 is 22.9. The second-order valence-electron chi connectivity index (χ2n) is 5.34. The molecule has 120 valence electrons. The predicted octanol–water partition coefficient (Wildman–Crippen LogP) is 3.10. The van der Waals surface area contributed by atoms with Gasteiger partial charge < -0.3 is 4.74 Å². The summed E-state index contributed by atoms with van der Waals surface area (Å²) in [5, 5.41) is 4.48. The largest absolute Gasteiger partial charge is 0.494 e. The maximum Gasteiger partial charge on any atom is 0.203 e. The molecular formula is C16H17FN4OS. The molecule has 0 saturated carbocycles. The lowest BCUT2D eigenvalue weighted by molar-refractivity contribution is 0.244. The van der Waals surface area contributed by atoms with Crippen LogP contribution in [0.1, 0.15) is 5.56 Å². The Balaban J connectivity index is 1.76. The summed E-state index contributed by atoms with van der Waals surface area (Å²) >= 11 is 5.42. The molecule has 0 unspecified atom stereocenters. The second kappa shape index (κ2) is 6.47. The highest BCUT2D eigenvalue weighted by molar-refractivity contribution is 7.71. The normalized spacial score (nSPS) is 11.3. The van der Waals surface area contributed by atoms with Crippen LogP contribution in [-0.2, 0) is 13.2 Å². The van der Waals surface area contributed by atoms with Gasteiger partial charge in [0.15, 0.2) is 17.2 Å². The number of benzene rings is 1. The van der Waals surface area contributed by atoms with Gasteiger partial charge in [0.2, 0.25) is 4.77 Å². The van der Waals surface area contributed by atoms with Gasteiger partial charge in [0.1, 0.15) is 0 Å². The summed E-state index contributed by atoms with van der Waals surface area (Å²) in [7, 11) is 3.39. The summed E-state index contributed by atoms with van der Waals surface area (Å²) in [5.74, 6) is -0.110. The van der Waals surface area contributed by atoms with Crippen molar-refractivity contribution >= 4 is 17.9 Å². The Hall–Kier alpha value is -2.25. The molecule has 0 aliphatic heterocycles. The topological polar surface area (TPSA) is 34.7 Å². The quantitative estimate of drug-likeness (QED) is 0.673. The first-order chi connectivity index (χ1) is 11.1. The number of halogens is 1. The van der Waals surface area contributed by atoms with Crippen LogP contribution in [0.15, 0.2) is 42.6 Å². The summed E-state index contributed by atoms with van der Waals surface area (Å²) in [6.07, 6.45) is 1.89. The van der Waals surface area contributed by atoms with Crippen LogP contribution in [0, 0.1) is 10.6 Å². The summed E-state index contributed by atoms with van der Waals surface area (Å²) in [6.45, 7) is 1.10. The zero-order valence-electron chi connectivity index (χ0n) is 12.9. The summed E-state index contributed by atoms with van der Waals surface area (Å²) in [6, 6.07) is 10.7. The van der Waals surface area contributed by atoms with Crippen LogP contribution in [0.3, 0.4) is 0 Å². The average Bonchev–Trinajstić information content (AvgIpc) is 2.84. The van der Waals surface area contributed by atoms with E-state index >= 15 is 0 Å². The first-order valence-corrected chi connectivity index (χ1v) is 7.54. The number of nitrogens with zero attached hydrogens (tertiary/aromatic N) is 4. The van der Waals surface area contributed by atoms with Crippen LogP contribution in [0.4, 0.5) is 4.39 Å². The molecule has 0 N–H and O–H groups in total. The summed E-state index contributed by atoms with van der Waals surface area (Å²) in [4.78, 5) is 2.02. The van der Waals surface area contributed by atoms with Crippen molar-refractivity contribution in [1.82, 2.24) is 19.1 Å². The number of pyridine rings is 1. The highest BCUT2D eigenvalue weighted by Gasteiger charge is 2.08. The van der Waals surface area contributed by atoms with Crippen molar-refractivity contribution in [2.24, 2.45) is 0 Å². The van der Waals surface area contributed by atoms with Crippen molar-refractivity contribution in [2.45, 2.75) is 13.2 Å². The van der Waals surface area contributed by atoms with Crippen LogP contribution < -0.4 is 4.74 Å². The van der Waals surface area contributed by atoms with Crippen LogP contribution in [-0.4, -0.2) is 33.2 Å². The first-order valence-electron chi connectivity index (χ1n) is 7.13. The standard InChI is InChI=1S/C16H17FN4OS/c1-19(10-12-6-7-14(22-2)13(17)9-12)11-21-16(23)20-8-4-3-5-15(20)18-21/h3-9H,10-11H2,1-2H3. The van der Waals surface area contributed by atoms with Gasteiger partial charge in [-0.3, -0.25) is 9.30 Å². The maximum atomic E-state index is 13.8. The molecule has 2 aromatic heterocycles. The molecule has 0 amide bonds. The lowest BCUT2D eigenvalue weighted by atomic mass is 10.2. The van der Waals surface area contributed by atoms with E-state index in [-0.39, 0.29) is 11.6 Å². The Morgan fingerprint density at radius 3 is 2.83 bits per heavy atom. The minimum absolute atomic E-state index is 0.249. The molecule has 0 aliphatic carbocycles. The van der Waals surface area contributed by atoms with Crippen LogP contribution in [0.2, 0.25) is 0 Å². The molecule has 0 fully saturated rings. The van der Waals surface area contributed by atoms with Gasteiger partial charge in [-0.25, -0.2) is 9.07 Å². The van der Waals surface area contributed by atoms with Gasteiger partial charge in [0, 0.05) is 12.7 Å². The molecule has 0 atom stereocenters. The third-order valence-corrected chi connectivity index (χ3v) is 3.94. The molecule has 5 nitrogen and oxygen atoms in total. The van der Waals surface area contributed by atoms with Gasteiger partial charge in [-0.2, -0.15) is 5.10 Å². The SMILES string of the molecule is COc1ccc(CN(C)Cn2nc3ccccn3c2=S)cc1F. The zero-order valence-corrected chi connectivity index (χ0v) is 13.8. The predicted molar refractivity (Wildman–Crippen MR) is 88.4 cm³/mol. The van der Waals surface area contributed by atoms with Gasteiger partial charge >= 0.3 is 0 Å². The highest BCUT2D eigenvalue weighted by atomic mass is 32.1. The van der Waals surface area contributed by atoms with Crippen molar-refractivity contribution in [3.8, 4) is 5.75 Å². The Bertz CT molecular complexity index is 889. The van der Waals surface area contributed by atoms with Crippen molar-refractivity contribution in [1.29, 1.82) is 0 Å². The third-order valence-electron chi connectivity index (χ3n) is 3.53.